The number of hydrogen-bond acceptors (Lipinski definition) is 4. The molecule has 0 atom stereocenters. The molecule has 0 radical (unpaired) electrons. The minimum absolute atomic E-state index is 0.573. The number of nitrogen functional groups attached to an aromatic ring is 1. The lowest BCUT2D eigenvalue weighted by molar-refractivity contribution is 0.262. The lowest BCUT2D eigenvalue weighted by Crippen LogP contribution is -2.19. The molecule has 5 heteroatoms. The number of nitrogens with two attached hydrogens (primary N) is 1. The van der Waals surface area contributed by atoms with Gasteiger partial charge in [-0.1, -0.05) is 19.9 Å². The van der Waals surface area contributed by atoms with Crippen molar-refractivity contribution in [2.75, 3.05) is 33.0 Å². The number of aromatic nitrogens is 2. The quantitative estimate of drug-likeness (QED) is 0.799. The molecule has 1 heterocycles. The number of rotatable bonds is 7. The molecule has 0 spiro atoms. The topological polar surface area (TPSA) is 56.3 Å². The third-order valence-electron chi connectivity index (χ3n) is 3.33. The molecule has 1 aromatic carbocycles. The Labute approximate surface area is 132 Å². The molecule has 22 heavy (non-hydrogen) atoms. The summed E-state index contributed by atoms with van der Waals surface area (Å²) in [4.78, 5) is 2.08. The standard InChI is InChI=1S/C17H26N4O/c1-13(2)11-21-12-15(10-19-21)14-5-6-16(18)17(9-14)22-8-7-20(3)4/h5-6,9-10,12-13H,7-8,11,18H2,1-4H3. The summed E-state index contributed by atoms with van der Waals surface area (Å²) in [5.41, 5.74) is 8.81. The first-order valence-electron chi connectivity index (χ1n) is 7.65. The van der Waals surface area contributed by atoms with Crippen LogP contribution in [-0.2, 0) is 6.54 Å². The Hall–Kier alpha value is -2.01. The predicted octanol–water partition coefficient (Wildman–Crippen LogP) is 2.73. The fraction of sp³-hybridized carbons (Fsp3) is 0.471. The fourth-order valence-electron chi connectivity index (χ4n) is 2.16. The lowest BCUT2D eigenvalue weighted by atomic mass is 10.1. The largest absolute Gasteiger partial charge is 0.490 e. The van der Waals surface area contributed by atoms with Gasteiger partial charge in [0.15, 0.2) is 0 Å². The van der Waals surface area contributed by atoms with Crippen LogP contribution in [0.4, 0.5) is 5.69 Å². The highest BCUT2D eigenvalue weighted by Gasteiger charge is 2.07. The van der Waals surface area contributed by atoms with Gasteiger partial charge in [-0.25, -0.2) is 0 Å². The van der Waals surface area contributed by atoms with Crippen molar-refractivity contribution in [2.45, 2.75) is 20.4 Å². The third kappa shape index (κ3) is 4.49. The molecule has 0 aliphatic heterocycles. The number of ether oxygens (including phenoxy) is 1. The third-order valence-corrected chi connectivity index (χ3v) is 3.33. The van der Waals surface area contributed by atoms with Crippen LogP contribution in [0, 0.1) is 5.92 Å². The maximum atomic E-state index is 6.00. The minimum Gasteiger partial charge on any atom is -0.490 e. The summed E-state index contributed by atoms with van der Waals surface area (Å²) in [6, 6.07) is 5.88. The molecule has 2 N–H and O–H groups in total. The van der Waals surface area contributed by atoms with Crippen LogP contribution < -0.4 is 10.5 Å². The van der Waals surface area contributed by atoms with E-state index in [2.05, 4.69) is 30.0 Å². The molecule has 0 fully saturated rings. The Morgan fingerprint density at radius 3 is 2.73 bits per heavy atom. The van der Waals surface area contributed by atoms with Gasteiger partial charge in [0.05, 0.1) is 11.9 Å². The Balaban J connectivity index is 2.12. The first kappa shape index (κ1) is 16.4. The van der Waals surface area contributed by atoms with E-state index in [9.17, 15) is 0 Å². The molecule has 0 unspecified atom stereocenters. The van der Waals surface area contributed by atoms with Crippen molar-refractivity contribution in [1.29, 1.82) is 0 Å². The second-order valence-electron chi connectivity index (χ2n) is 6.25. The van der Waals surface area contributed by atoms with Crippen LogP contribution >= 0.6 is 0 Å². The molecule has 0 aliphatic carbocycles. The number of anilines is 1. The van der Waals surface area contributed by atoms with E-state index in [0.29, 0.717) is 18.2 Å². The number of nitrogens with zero attached hydrogens (tertiary/aromatic N) is 3. The van der Waals surface area contributed by atoms with Crippen molar-refractivity contribution in [3.63, 3.8) is 0 Å². The molecular weight excluding hydrogens is 276 g/mol. The Morgan fingerprint density at radius 1 is 1.27 bits per heavy atom. The molecule has 2 aromatic rings. The van der Waals surface area contributed by atoms with Gasteiger partial charge in [0.25, 0.3) is 0 Å². The average molecular weight is 302 g/mol. The zero-order valence-electron chi connectivity index (χ0n) is 13.9. The Kier molecular flexibility index (Phi) is 5.44. The second-order valence-corrected chi connectivity index (χ2v) is 6.25. The molecule has 0 saturated carbocycles. The molecule has 0 saturated heterocycles. The first-order chi connectivity index (χ1) is 10.5. The SMILES string of the molecule is CC(C)Cn1cc(-c2ccc(N)c(OCCN(C)C)c2)cn1. The molecule has 120 valence electrons. The van der Waals surface area contributed by atoms with Crippen LogP contribution in [0.5, 0.6) is 5.75 Å². The zero-order valence-corrected chi connectivity index (χ0v) is 13.9. The maximum absolute atomic E-state index is 6.00. The minimum atomic E-state index is 0.573. The van der Waals surface area contributed by atoms with Crippen molar-refractivity contribution >= 4 is 5.69 Å². The van der Waals surface area contributed by atoms with Gasteiger partial charge in [-0.2, -0.15) is 5.10 Å². The summed E-state index contributed by atoms with van der Waals surface area (Å²) < 4.78 is 7.76. The summed E-state index contributed by atoms with van der Waals surface area (Å²) >= 11 is 0. The summed E-state index contributed by atoms with van der Waals surface area (Å²) in [7, 11) is 4.04. The van der Waals surface area contributed by atoms with Gasteiger partial charge in [-0.15, -0.1) is 0 Å². The molecule has 0 bridgehead atoms. The number of likely N-dealkylation sites (N-methyl/N-ethyl adjacent to an activating group) is 1. The first-order valence-corrected chi connectivity index (χ1v) is 7.65. The fourth-order valence-corrected chi connectivity index (χ4v) is 2.16. The van der Waals surface area contributed by atoms with E-state index >= 15 is 0 Å². The van der Waals surface area contributed by atoms with E-state index in [1.165, 1.54) is 0 Å². The van der Waals surface area contributed by atoms with Gasteiger partial charge in [-0.05, 0) is 37.7 Å². The van der Waals surface area contributed by atoms with Crippen LogP contribution in [0.15, 0.2) is 30.6 Å². The van der Waals surface area contributed by atoms with Crippen LogP contribution in [0.2, 0.25) is 0 Å². The van der Waals surface area contributed by atoms with Gasteiger partial charge < -0.3 is 15.4 Å². The van der Waals surface area contributed by atoms with Gasteiger partial charge in [0.2, 0.25) is 0 Å². The van der Waals surface area contributed by atoms with E-state index in [-0.39, 0.29) is 0 Å². The smallest absolute Gasteiger partial charge is 0.142 e. The van der Waals surface area contributed by atoms with Gasteiger partial charge in [0, 0.05) is 24.8 Å². The second kappa shape index (κ2) is 7.31. The Bertz CT molecular complexity index is 604. The van der Waals surface area contributed by atoms with Crippen molar-refractivity contribution in [3.8, 4) is 16.9 Å². The molecule has 2 rings (SSSR count). The normalized spacial score (nSPS) is 11.4. The highest BCUT2D eigenvalue weighted by Crippen LogP contribution is 2.29. The average Bonchev–Trinajstić information content (AvgIpc) is 2.88. The number of hydrogen-bond donors (Lipinski definition) is 1. The van der Waals surface area contributed by atoms with Crippen LogP contribution in [0.1, 0.15) is 13.8 Å². The summed E-state index contributed by atoms with van der Waals surface area (Å²) in [6.45, 7) is 6.76. The number of benzene rings is 1. The molecule has 1 aromatic heterocycles. The van der Waals surface area contributed by atoms with E-state index < -0.39 is 0 Å². The summed E-state index contributed by atoms with van der Waals surface area (Å²) in [6.07, 6.45) is 3.95. The van der Waals surface area contributed by atoms with Gasteiger partial charge in [0.1, 0.15) is 12.4 Å². The molecule has 0 aliphatic rings. The summed E-state index contributed by atoms with van der Waals surface area (Å²) in [5.74, 6) is 1.31. The molecule has 5 nitrogen and oxygen atoms in total. The monoisotopic (exact) mass is 302 g/mol. The highest BCUT2D eigenvalue weighted by atomic mass is 16.5. The van der Waals surface area contributed by atoms with Crippen molar-refractivity contribution < 1.29 is 4.74 Å². The van der Waals surface area contributed by atoms with Gasteiger partial charge >= 0.3 is 0 Å². The van der Waals surface area contributed by atoms with Crippen molar-refractivity contribution in [1.82, 2.24) is 14.7 Å². The van der Waals surface area contributed by atoms with Crippen molar-refractivity contribution in [3.05, 3.63) is 30.6 Å². The molecular formula is C17H26N4O. The highest BCUT2D eigenvalue weighted by molar-refractivity contribution is 5.68. The van der Waals surface area contributed by atoms with Crippen LogP contribution in [0.25, 0.3) is 11.1 Å². The van der Waals surface area contributed by atoms with Crippen LogP contribution in [-0.4, -0.2) is 41.9 Å². The zero-order chi connectivity index (χ0) is 16.1. The molecule has 0 amide bonds. The van der Waals surface area contributed by atoms with E-state index in [0.717, 1.165) is 30.0 Å². The van der Waals surface area contributed by atoms with Gasteiger partial charge in [-0.3, -0.25) is 4.68 Å². The summed E-state index contributed by atoms with van der Waals surface area (Å²) in [5, 5.41) is 4.41. The van der Waals surface area contributed by atoms with Crippen molar-refractivity contribution in [2.24, 2.45) is 5.92 Å². The van der Waals surface area contributed by atoms with E-state index in [1.807, 2.05) is 43.2 Å². The lowest BCUT2D eigenvalue weighted by Gasteiger charge is -2.13. The van der Waals surface area contributed by atoms with Crippen LogP contribution in [0.3, 0.4) is 0 Å². The Morgan fingerprint density at radius 2 is 2.05 bits per heavy atom. The predicted molar refractivity (Wildman–Crippen MR) is 91.0 cm³/mol. The van der Waals surface area contributed by atoms with E-state index in [4.69, 9.17) is 10.5 Å². The maximum Gasteiger partial charge on any atom is 0.142 e. The van der Waals surface area contributed by atoms with E-state index in [1.54, 1.807) is 0 Å².